The molecule has 1 N–H and O–H groups in total. The summed E-state index contributed by atoms with van der Waals surface area (Å²) in [7, 11) is 1.64. The average Bonchev–Trinajstić information content (AvgIpc) is 2.36. The van der Waals surface area contributed by atoms with Crippen LogP contribution in [0, 0.1) is 11.2 Å². The van der Waals surface area contributed by atoms with Crippen LogP contribution >= 0.6 is 12.6 Å². The summed E-state index contributed by atoms with van der Waals surface area (Å²) < 4.78 is 18.5. The number of hydrogen-bond acceptors (Lipinski definition) is 3. The van der Waals surface area contributed by atoms with Gasteiger partial charge < -0.3 is 10.1 Å². The lowest BCUT2D eigenvalue weighted by Crippen LogP contribution is -2.35. The van der Waals surface area contributed by atoms with Crippen molar-refractivity contribution in [3.8, 4) is 0 Å². The third-order valence-corrected chi connectivity index (χ3v) is 3.18. The fourth-order valence-corrected chi connectivity index (χ4v) is 1.77. The maximum Gasteiger partial charge on any atom is 0.254 e. The molecule has 0 spiro atoms. The van der Waals surface area contributed by atoms with Gasteiger partial charge in [-0.25, -0.2) is 4.39 Å². The van der Waals surface area contributed by atoms with Gasteiger partial charge in [0, 0.05) is 25.2 Å². The van der Waals surface area contributed by atoms with Gasteiger partial charge in [0.1, 0.15) is 5.82 Å². The molecular formula is C14H20FNO2S. The number of carbonyl (C=O) groups is 1. The van der Waals surface area contributed by atoms with Gasteiger partial charge in [-0.2, -0.15) is 0 Å². The predicted molar refractivity (Wildman–Crippen MR) is 76.3 cm³/mol. The van der Waals surface area contributed by atoms with Crippen LogP contribution in [0.3, 0.4) is 0 Å². The lowest BCUT2D eigenvalue weighted by Gasteiger charge is -2.24. The Bertz CT molecular complexity index is 449. The molecule has 106 valence electrons. The highest BCUT2D eigenvalue weighted by Crippen LogP contribution is 2.19. The Labute approximate surface area is 118 Å². The largest absolute Gasteiger partial charge is 0.385 e. The molecule has 1 amide bonds. The van der Waals surface area contributed by atoms with Crippen LogP contribution in [0.1, 0.15) is 30.6 Å². The lowest BCUT2D eigenvalue weighted by atomic mass is 9.89. The van der Waals surface area contributed by atoms with Gasteiger partial charge in [0.25, 0.3) is 5.91 Å². The van der Waals surface area contributed by atoms with Crippen molar-refractivity contribution in [1.82, 2.24) is 5.32 Å². The first kappa shape index (κ1) is 16.0. The van der Waals surface area contributed by atoms with Crippen molar-refractivity contribution in [2.75, 3.05) is 20.3 Å². The molecule has 0 radical (unpaired) electrons. The molecule has 0 aliphatic heterocycles. The zero-order valence-corrected chi connectivity index (χ0v) is 12.4. The number of rotatable bonds is 6. The Morgan fingerprint density at radius 3 is 2.79 bits per heavy atom. The molecule has 0 atom stereocenters. The van der Waals surface area contributed by atoms with E-state index in [4.69, 9.17) is 4.74 Å². The van der Waals surface area contributed by atoms with Crippen LogP contribution in [0.4, 0.5) is 4.39 Å². The zero-order chi connectivity index (χ0) is 14.5. The van der Waals surface area contributed by atoms with Crippen molar-refractivity contribution < 1.29 is 13.9 Å². The summed E-state index contributed by atoms with van der Waals surface area (Å²) in [5.74, 6) is -0.955. The number of ether oxygens (including phenoxy) is 1. The van der Waals surface area contributed by atoms with Crippen LogP contribution in [-0.4, -0.2) is 26.2 Å². The van der Waals surface area contributed by atoms with E-state index >= 15 is 0 Å². The van der Waals surface area contributed by atoms with Crippen molar-refractivity contribution >= 4 is 18.5 Å². The molecule has 1 aromatic rings. The summed E-state index contributed by atoms with van der Waals surface area (Å²) in [5, 5.41) is 2.75. The maximum atomic E-state index is 13.5. The van der Waals surface area contributed by atoms with Crippen molar-refractivity contribution in [1.29, 1.82) is 0 Å². The first-order valence-corrected chi connectivity index (χ1v) is 6.56. The number of nitrogens with one attached hydrogen (secondary N) is 1. The van der Waals surface area contributed by atoms with Crippen molar-refractivity contribution in [2.24, 2.45) is 5.41 Å². The molecule has 0 aromatic heterocycles. The molecule has 0 saturated carbocycles. The minimum absolute atomic E-state index is 0.0232. The minimum Gasteiger partial charge on any atom is -0.385 e. The van der Waals surface area contributed by atoms with Gasteiger partial charge in [0.15, 0.2) is 0 Å². The lowest BCUT2D eigenvalue weighted by molar-refractivity contribution is 0.0916. The third kappa shape index (κ3) is 5.20. The maximum absolute atomic E-state index is 13.5. The van der Waals surface area contributed by atoms with Gasteiger partial charge in [-0.15, -0.1) is 12.6 Å². The Morgan fingerprint density at radius 2 is 2.16 bits per heavy atom. The van der Waals surface area contributed by atoms with E-state index in [0.29, 0.717) is 18.0 Å². The van der Waals surface area contributed by atoms with Crippen molar-refractivity contribution in [3.63, 3.8) is 0 Å². The number of methoxy groups -OCH3 is 1. The summed E-state index contributed by atoms with van der Waals surface area (Å²) in [6.45, 7) is 5.14. The Balaban J connectivity index is 2.62. The standard InChI is InChI=1S/C14H20FNO2S/c1-14(2,6-7-18-3)9-16-13(17)11-8-10(19)4-5-12(11)15/h4-5,8,19H,6-7,9H2,1-3H3,(H,16,17). The number of thiol groups is 1. The minimum atomic E-state index is -0.537. The second kappa shape index (κ2) is 6.91. The Kier molecular flexibility index (Phi) is 5.82. The van der Waals surface area contributed by atoms with Gasteiger partial charge in [0.05, 0.1) is 5.56 Å². The highest BCUT2D eigenvalue weighted by Gasteiger charge is 2.20. The highest BCUT2D eigenvalue weighted by atomic mass is 32.1. The quantitative estimate of drug-likeness (QED) is 0.789. The number of halogens is 1. The van der Waals surface area contributed by atoms with Gasteiger partial charge in [-0.05, 0) is 30.0 Å². The van der Waals surface area contributed by atoms with E-state index in [1.54, 1.807) is 7.11 Å². The molecule has 0 bridgehead atoms. The van der Waals surface area contributed by atoms with Crippen LogP contribution < -0.4 is 5.32 Å². The molecule has 0 fully saturated rings. The molecule has 0 heterocycles. The summed E-state index contributed by atoms with van der Waals surface area (Å²) in [6.07, 6.45) is 0.818. The first-order chi connectivity index (χ1) is 8.85. The summed E-state index contributed by atoms with van der Waals surface area (Å²) in [6, 6.07) is 4.18. The van der Waals surface area contributed by atoms with Crippen molar-refractivity contribution in [2.45, 2.75) is 25.2 Å². The summed E-state index contributed by atoms with van der Waals surface area (Å²) >= 11 is 4.10. The molecule has 0 aliphatic rings. The number of amides is 1. The summed E-state index contributed by atoms with van der Waals surface area (Å²) in [4.78, 5) is 12.5. The second-order valence-electron chi connectivity index (χ2n) is 5.25. The van der Waals surface area contributed by atoms with Gasteiger partial charge in [0.2, 0.25) is 0 Å². The average molecular weight is 285 g/mol. The molecule has 1 aromatic carbocycles. The Hall–Kier alpha value is -1.07. The fourth-order valence-electron chi connectivity index (χ4n) is 1.57. The van der Waals surface area contributed by atoms with Crippen LogP contribution in [0.5, 0.6) is 0 Å². The van der Waals surface area contributed by atoms with Crippen LogP contribution in [0.25, 0.3) is 0 Å². The smallest absolute Gasteiger partial charge is 0.254 e. The molecule has 3 nitrogen and oxygen atoms in total. The monoisotopic (exact) mass is 285 g/mol. The normalized spacial score (nSPS) is 11.4. The topological polar surface area (TPSA) is 38.3 Å². The third-order valence-electron chi connectivity index (χ3n) is 2.91. The zero-order valence-electron chi connectivity index (χ0n) is 11.5. The van der Waals surface area contributed by atoms with Gasteiger partial charge in [-0.3, -0.25) is 4.79 Å². The first-order valence-electron chi connectivity index (χ1n) is 6.11. The summed E-state index contributed by atoms with van der Waals surface area (Å²) in [5.41, 5.74) is -0.0733. The highest BCUT2D eigenvalue weighted by molar-refractivity contribution is 7.80. The molecule has 0 unspecified atom stereocenters. The van der Waals surface area contributed by atoms with E-state index < -0.39 is 11.7 Å². The number of benzene rings is 1. The molecule has 19 heavy (non-hydrogen) atoms. The molecule has 5 heteroatoms. The second-order valence-corrected chi connectivity index (χ2v) is 5.77. The predicted octanol–water partition coefficient (Wildman–Crippen LogP) is 2.91. The van der Waals surface area contributed by atoms with Crippen molar-refractivity contribution in [3.05, 3.63) is 29.6 Å². The number of carbonyl (C=O) groups excluding carboxylic acids is 1. The fraction of sp³-hybridized carbons (Fsp3) is 0.500. The molecular weight excluding hydrogens is 265 g/mol. The SMILES string of the molecule is COCCC(C)(C)CNC(=O)c1cc(S)ccc1F. The van der Waals surface area contributed by atoms with Gasteiger partial charge >= 0.3 is 0 Å². The van der Waals surface area contributed by atoms with E-state index in [2.05, 4.69) is 17.9 Å². The van der Waals surface area contributed by atoms with Gasteiger partial charge in [-0.1, -0.05) is 13.8 Å². The van der Waals surface area contributed by atoms with Crippen LogP contribution in [0.2, 0.25) is 0 Å². The molecule has 0 aliphatic carbocycles. The van der Waals surface area contributed by atoms with E-state index in [-0.39, 0.29) is 11.0 Å². The van der Waals surface area contributed by atoms with E-state index in [9.17, 15) is 9.18 Å². The molecule has 0 saturated heterocycles. The van der Waals surface area contributed by atoms with Crippen LogP contribution in [0.15, 0.2) is 23.1 Å². The number of hydrogen-bond donors (Lipinski definition) is 2. The van der Waals surface area contributed by atoms with E-state index in [1.807, 2.05) is 13.8 Å². The van der Waals surface area contributed by atoms with E-state index in [1.165, 1.54) is 18.2 Å². The van der Waals surface area contributed by atoms with Crippen LogP contribution in [-0.2, 0) is 4.74 Å². The van der Waals surface area contributed by atoms with E-state index in [0.717, 1.165) is 6.42 Å². The Morgan fingerprint density at radius 1 is 1.47 bits per heavy atom. The molecule has 1 rings (SSSR count).